The minimum atomic E-state index is -0.482. The number of nitrogens with two attached hydrogens (primary N) is 1. The van der Waals surface area contributed by atoms with Crippen LogP contribution in [0.1, 0.15) is 6.92 Å². The molecule has 1 amide bonds. The van der Waals surface area contributed by atoms with Gasteiger partial charge in [0, 0.05) is 22.7 Å². The minimum Gasteiger partial charge on any atom is -0.497 e. The average molecular weight is 325 g/mol. The van der Waals surface area contributed by atoms with Crippen molar-refractivity contribution in [1.82, 2.24) is 4.98 Å². The lowest BCUT2D eigenvalue weighted by atomic mass is 10.1. The lowest BCUT2D eigenvalue weighted by Gasteiger charge is -2.07. The number of nitrogens with one attached hydrogen (secondary N) is 2. The van der Waals surface area contributed by atoms with E-state index < -0.39 is 6.09 Å². The maximum absolute atomic E-state index is 11.6. The standard InChI is InChI=1S/C18H19N3O3/c1-3-24-18(22)20-12-6-4-5-11(9-12)17-16(19)14-8-7-13(23-2)10-15(14)21-17/h4-10,21H,3,19H2,1-2H3,(H,20,22). The van der Waals surface area contributed by atoms with Crippen molar-refractivity contribution in [2.45, 2.75) is 6.92 Å². The van der Waals surface area contributed by atoms with Crippen LogP contribution in [0.15, 0.2) is 42.5 Å². The molecule has 0 saturated carbocycles. The van der Waals surface area contributed by atoms with Gasteiger partial charge in [0.15, 0.2) is 0 Å². The molecule has 0 aliphatic heterocycles. The van der Waals surface area contributed by atoms with Crippen LogP contribution in [0.2, 0.25) is 0 Å². The van der Waals surface area contributed by atoms with E-state index in [0.29, 0.717) is 18.0 Å². The Bertz CT molecular complexity index is 886. The lowest BCUT2D eigenvalue weighted by molar-refractivity contribution is 0.168. The molecule has 0 unspecified atom stereocenters. The number of methoxy groups -OCH3 is 1. The van der Waals surface area contributed by atoms with Crippen molar-refractivity contribution in [3.05, 3.63) is 42.5 Å². The van der Waals surface area contributed by atoms with Gasteiger partial charge in [0.2, 0.25) is 0 Å². The van der Waals surface area contributed by atoms with E-state index in [1.165, 1.54) is 0 Å². The number of aromatic nitrogens is 1. The Labute approximate surface area is 139 Å². The monoisotopic (exact) mass is 325 g/mol. The van der Waals surface area contributed by atoms with E-state index in [1.54, 1.807) is 20.1 Å². The van der Waals surface area contributed by atoms with Gasteiger partial charge in [0.1, 0.15) is 5.75 Å². The van der Waals surface area contributed by atoms with Gasteiger partial charge >= 0.3 is 6.09 Å². The zero-order valence-corrected chi connectivity index (χ0v) is 13.6. The number of hydrogen-bond donors (Lipinski definition) is 3. The zero-order valence-electron chi connectivity index (χ0n) is 13.6. The van der Waals surface area contributed by atoms with Crippen LogP contribution in [0.4, 0.5) is 16.2 Å². The number of carbonyl (C=O) groups excluding carboxylic acids is 1. The summed E-state index contributed by atoms with van der Waals surface area (Å²) in [6.07, 6.45) is -0.482. The number of aromatic amines is 1. The van der Waals surface area contributed by atoms with Crippen LogP contribution in [-0.2, 0) is 4.74 Å². The van der Waals surface area contributed by atoms with Crippen molar-refractivity contribution < 1.29 is 14.3 Å². The largest absolute Gasteiger partial charge is 0.497 e. The number of nitrogen functional groups attached to an aromatic ring is 1. The number of amides is 1. The molecule has 3 aromatic rings. The Balaban J connectivity index is 1.98. The van der Waals surface area contributed by atoms with E-state index in [0.717, 1.165) is 27.9 Å². The predicted molar refractivity (Wildman–Crippen MR) is 95.3 cm³/mol. The second-order valence-electron chi connectivity index (χ2n) is 5.25. The minimum absolute atomic E-state index is 0.322. The highest BCUT2D eigenvalue weighted by Crippen LogP contribution is 2.35. The first kappa shape index (κ1) is 15.7. The molecule has 0 fully saturated rings. The van der Waals surface area contributed by atoms with Gasteiger partial charge in [-0.1, -0.05) is 12.1 Å². The molecule has 0 aliphatic rings. The highest BCUT2D eigenvalue weighted by Gasteiger charge is 2.12. The molecule has 0 spiro atoms. The van der Waals surface area contributed by atoms with Crippen LogP contribution < -0.4 is 15.8 Å². The summed E-state index contributed by atoms with van der Waals surface area (Å²) in [7, 11) is 1.62. The summed E-state index contributed by atoms with van der Waals surface area (Å²) in [4.78, 5) is 14.9. The molecule has 24 heavy (non-hydrogen) atoms. The van der Waals surface area contributed by atoms with Crippen LogP contribution in [0.25, 0.3) is 22.2 Å². The van der Waals surface area contributed by atoms with Crippen LogP contribution >= 0.6 is 0 Å². The van der Waals surface area contributed by atoms with Crippen molar-refractivity contribution in [2.24, 2.45) is 0 Å². The summed E-state index contributed by atoms with van der Waals surface area (Å²) >= 11 is 0. The Kier molecular flexibility index (Phi) is 4.29. The number of benzene rings is 2. The molecule has 0 aliphatic carbocycles. The molecule has 4 N–H and O–H groups in total. The Hall–Kier alpha value is -3.15. The second-order valence-corrected chi connectivity index (χ2v) is 5.25. The maximum atomic E-state index is 11.6. The maximum Gasteiger partial charge on any atom is 0.411 e. The molecule has 3 rings (SSSR count). The Morgan fingerprint density at radius 2 is 2.08 bits per heavy atom. The van der Waals surface area contributed by atoms with E-state index in [4.69, 9.17) is 15.2 Å². The topological polar surface area (TPSA) is 89.4 Å². The number of anilines is 2. The van der Waals surface area contributed by atoms with Crippen LogP contribution in [0.5, 0.6) is 5.75 Å². The first-order valence-corrected chi connectivity index (χ1v) is 7.61. The Morgan fingerprint density at radius 3 is 2.83 bits per heavy atom. The van der Waals surface area contributed by atoms with Crippen molar-refractivity contribution in [1.29, 1.82) is 0 Å². The van der Waals surface area contributed by atoms with E-state index >= 15 is 0 Å². The van der Waals surface area contributed by atoms with Gasteiger partial charge in [-0.3, -0.25) is 5.32 Å². The molecule has 0 saturated heterocycles. The molecule has 6 nitrogen and oxygen atoms in total. The molecule has 0 bridgehead atoms. The van der Waals surface area contributed by atoms with E-state index in [2.05, 4.69) is 10.3 Å². The number of carbonyl (C=O) groups is 1. The Morgan fingerprint density at radius 1 is 1.25 bits per heavy atom. The summed E-state index contributed by atoms with van der Waals surface area (Å²) in [5, 5.41) is 3.61. The lowest BCUT2D eigenvalue weighted by Crippen LogP contribution is -2.13. The fourth-order valence-corrected chi connectivity index (χ4v) is 2.59. The normalized spacial score (nSPS) is 10.6. The van der Waals surface area contributed by atoms with Gasteiger partial charge in [-0.2, -0.15) is 0 Å². The molecule has 0 radical (unpaired) electrons. The summed E-state index contributed by atoms with van der Waals surface area (Å²) in [5.41, 5.74) is 10.1. The molecule has 2 aromatic carbocycles. The fraction of sp³-hybridized carbons (Fsp3) is 0.167. The average Bonchev–Trinajstić information content (AvgIpc) is 2.91. The molecular weight excluding hydrogens is 306 g/mol. The number of fused-ring (bicyclic) bond motifs is 1. The second kappa shape index (κ2) is 6.54. The van der Waals surface area contributed by atoms with Gasteiger partial charge in [-0.25, -0.2) is 4.79 Å². The third kappa shape index (κ3) is 2.99. The van der Waals surface area contributed by atoms with Crippen LogP contribution in [0, 0.1) is 0 Å². The third-order valence-corrected chi connectivity index (χ3v) is 3.72. The van der Waals surface area contributed by atoms with Crippen molar-refractivity contribution in [3.63, 3.8) is 0 Å². The first-order chi connectivity index (χ1) is 11.6. The summed E-state index contributed by atoms with van der Waals surface area (Å²) in [6, 6.07) is 13.1. The van der Waals surface area contributed by atoms with Crippen molar-refractivity contribution in [2.75, 3.05) is 24.8 Å². The molecule has 6 heteroatoms. The van der Waals surface area contributed by atoms with Gasteiger partial charge in [-0.15, -0.1) is 0 Å². The van der Waals surface area contributed by atoms with Gasteiger partial charge < -0.3 is 20.2 Å². The molecule has 124 valence electrons. The highest BCUT2D eigenvalue weighted by atomic mass is 16.5. The van der Waals surface area contributed by atoms with Gasteiger partial charge in [0.25, 0.3) is 0 Å². The SMILES string of the molecule is CCOC(=O)Nc1cccc(-c2[nH]c3cc(OC)ccc3c2N)c1. The smallest absolute Gasteiger partial charge is 0.411 e. The molecule has 0 atom stereocenters. The van der Waals surface area contributed by atoms with Crippen LogP contribution in [-0.4, -0.2) is 24.8 Å². The fourth-order valence-electron chi connectivity index (χ4n) is 2.59. The third-order valence-electron chi connectivity index (χ3n) is 3.72. The summed E-state index contributed by atoms with van der Waals surface area (Å²) < 4.78 is 10.1. The van der Waals surface area contributed by atoms with E-state index in [-0.39, 0.29) is 0 Å². The zero-order chi connectivity index (χ0) is 17.1. The first-order valence-electron chi connectivity index (χ1n) is 7.61. The molecule has 1 aromatic heterocycles. The predicted octanol–water partition coefficient (Wildman–Crippen LogP) is 3.99. The van der Waals surface area contributed by atoms with Crippen LogP contribution in [0.3, 0.4) is 0 Å². The number of ether oxygens (including phenoxy) is 2. The molecular formula is C18H19N3O3. The number of hydrogen-bond acceptors (Lipinski definition) is 4. The van der Waals surface area contributed by atoms with Crippen molar-refractivity contribution >= 4 is 28.4 Å². The number of rotatable bonds is 4. The summed E-state index contributed by atoms with van der Waals surface area (Å²) in [5.74, 6) is 0.757. The quantitative estimate of drug-likeness (QED) is 0.676. The van der Waals surface area contributed by atoms with E-state index in [9.17, 15) is 4.79 Å². The van der Waals surface area contributed by atoms with Crippen molar-refractivity contribution in [3.8, 4) is 17.0 Å². The molecule has 1 heterocycles. The highest BCUT2D eigenvalue weighted by molar-refractivity contribution is 6.01. The van der Waals surface area contributed by atoms with E-state index in [1.807, 2.05) is 36.4 Å². The van der Waals surface area contributed by atoms with Gasteiger partial charge in [-0.05, 0) is 31.2 Å². The summed E-state index contributed by atoms with van der Waals surface area (Å²) in [6.45, 7) is 2.08. The number of H-pyrrole nitrogens is 1. The van der Waals surface area contributed by atoms with Gasteiger partial charge in [0.05, 0.1) is 30.6 Å².